The molecule has 1 saturated heterocycles. The SMILES string of the molecule is CCCCS(=O)(=O)NC1CCOCC1. The Hall–Kier alpha value is -0.130. The summed E-state index contributed by atoms with van der Waals surface area (Å²) < 4.78 is 30.9. The van der Waals surface area contributed by atoms with Gasteiger partial charge in [0.05, 0.1) is 5.75 Å². The van der Waals surface area contributed by atoms with Crippen LogP contribution in [0.15, 0.2) is 0 Å². The molecular weight excluding hydrogens is 202 g/mol. The van der Waals surface area contributed by atoms with Gasteiger partial charge in [0.2, 0.25) is 10.0 Å². The van der Waals surface area contributed by atoms with E-state index in [1.54, 1.807) is 0 Å². The van der Waals surface area contributed by atoms with Crippen molar-refractivity contribution >= 4 is 10.0 Å². The van der Waals surface area contributed by atoms with Gasteiger partial charge >= 0.3 is 0 Å². The number of nitrogens with one attached hydrogen (secondary N) is 1. The second-order valence-corrected chi connectivity index (χ2v) is 5.55. The Labute approximate surface area is 86.1 Å². The highest BCUT2D eigenvalue weighted by Gasteiger charge is 2.19. The maximum absolute atomic E-state index is 11.5. The quantitative estimate of drug-likeness (QED) is 0.750. The Morgan fingerprint density at radius 3 is 2.57 bits per heavy atom. The lowest BCUT2D eigenvalue weighted by atomic mass is 10.1. The first-order chi connectivity index (χ1) is 6.64. The lowest BCUT2D eigenvalue weighted by molar-refractivity contribution is 0.0832. The fourth-order valence-corrected chi connectivity index (χ4v) is 2.99. The van der Waals surface area contributed by atoms with Crippen molar-refractivity contribution in [1.82, 2.24) is 4.72 Å². The fraction of sp³-hybridized carbons (Fsp3) is 1.00. The van der Waals surface area contributed by atoms with Crippen molar-refractivity contribution in [2.75, 3.05) is 19.0 Å². The van der Waals surface area contributed by atoms with E-state index in [0.717, 1.165) is 25.7 Å². The predicted octanol–water partition coefficient (Wildman–Crippen LogP) is 0.885. The second kappa shape index (κ2) is 5.68. The molecule has 5 heteroatoms. The molecule has 84 valence electrons. The Kier molecular flexibility index (Phi) is 4.84. The highest BCUT2D eigenvalue weighted by atomic mass is 32.2. The van der Waals surface area contributed by atoms with Crippen LogP contribution < -0.4 is 4.72 Å². The fourth-order valence-electron chi connectivity index (χ4n) is 1.46. The zero-order valence-electron chi connectivity index (χ0n) is 8.66. The van der Waals surface area contributed by atoms with Crippen molar-refractivity contribution in [2.24, 2.45) is 0 Å². The largest absolute Gasteiger partial charge is 0.381 e. The van der Waals surface area contributed by atoms with E-state index in [0.29, 0.717) is 13.2 Å². The van der Waals surface area contributed by atoms with Gasteiger partial charge in [0.25, 0.3) is 0 Å². The van der Waals surface area contributed by atoms with Gasteiger partial charge in [-0.3, -0.25) is 0 Å². The molecule has 1 N–H and O–H groups in total. The first kappa shape index (κ1) is 11.9. The molecule has 1 aliphatic rings. The summed E-state index contributed by atoms with van der Waals surface area (Å²) in [7, 11) is -3.05. The van der Waals surface area contributed by atoms with E-state index in [2.05, 4.69) is 4.72 Å². The van der Waals surface area contributed by atoms with Crippen LogP contribution in [0.3, 0.4) is 0 Å². The highest BCUT2D eigenvalue weighted by Crippen LogP contribution is 2.08. The molecule has 0 aromatic heterocycles. The molecule has 0 spiro atoms. The Morgan fingerprint density at radius 2 is 2.00 bits per heavy atom. The molecule has 0 amide bonds. The molecule has 0 aromatic carbocycles. The summed E-state index contributed by atoms with van der Waals surface area (Å²) in [5.74, 6) is 0.251. The average molecular weight is 221 g/mol. The van der Waals surface area contributed by atoms with Gasteiger partial charge in [-0.1, -0.05) is 13.3 Å². The van der Waals surface area contributed by atoms with E-state index in [-0.39, 0.29) is 11.8 Å². The second-order valence-electron chi connectivity index (χ2n) is 3.68. The zero-order chi connectivity index (χ0) is 10.4. The van der Waals surface area contributed by atoms with Crippen molar-refractivity contribution in [1.29, 1.82) is 0 Å². The van der Waals surface area contributed by atoms with E-state index in [1.807, 2.05) is 6.92 Å². The molecule has 0 atom stereocenters. The summed E-state index contributed by atoms with van der Waals surface area (Å²) in [5, 5.41) is 0. The van der Waals surface area contributed by atoms with Crippen molar-refractivity contribution in [3.05, 3.63) is 0 Å². The van der Waals surface area contributed by atoms with Crippen LogP contribution in [0, 0.1) is 0 Å². The molecule has 1 aliphatic heterocycles. The first-order valence-corrected chi connectivity index (χ1v) is 6.87. The van der Waals surface area contributed by atoms with Gasteiger partial charge in [-0.25, -0.2) is 13.1 Å². The van der Waals surface area contributed by atoms with Gasteiger partial charge in [0, 0.05) is 19.3 Å². The third-order valence-electron chi connectivity index (χ3n) is 2.33. The summed E-state index contributed by atoms with van der Waals surface area (Å²) in [6.45, 7) is 3.33. The Balaban J connectivity index is 2.33. The van der Waals surface area contributed by atoms with Gasteiger partial charge < -0.3 is 4.74 Å². The first-order valence-electron chi connectivity index (χ1n) is 5.22. The lowest BCUT2D eigenvalue weighted by Crippen LogP contribution is -2.39. The molecule has 0 saturated carbocycles. The monoisotopic (exact) mass is 221 g/mol. The summed E-state index contributed by atoms with van der Waals surface area (Å²) in [6.07, 6.45) is 3.24. The van der Waals surface area contributed by atoms with Crippen LogP contribution in [0.5, 0.6) is 0 Å². The van der Waals surface area contributed by atoms with E-state index < -0.39 is 10.0 Å². The van der Waals surface area contributed by atoms with Crippen LogP contribution >= 0.6 is 0 Å². The molecule has 4 nitrogen and oxygen atoms in total. The maximum atomic E-state index is 11.5. The number of rotatable bonds is 5. The minimum Gasteiger partial charge on any atom is -0.381 e. The molecule has 0 aromatic rings. The van der Waals surface area contributed by atoms with Gasteiger partial charge in [0.1, 0.15) is 0 Å². The summed E-state index contributed by atoms with van der Waals surface area (Å²) in [4.78, 5) is 0. The normalized spacial score (nSPS) is 19.8. The molecular formula is C9H19NO3S. The van der Waals surface area contributed by atoms with Gasteiger partial charge in [-0.2, -0.15) is 0 Å². The summed E-state index contributed by atoms with van der Waals surface area (Å²) in [5.41, 5.74) is 0. The van der Waals surface area contributed by atoms with Crippen molar-refractivity contribution in [3.63, 3.8) is 0 Å². The summed E-state index contributed by atoms with van der Waals surface area (Å²) >= 11 is 0. The molecule has 1 rings (SSSR count). The van der Waals surface area contributed by atoms with Crippen LogP contribution in [0.25, 0.3) is 0 Å². The van der Waals surface area contributed by atoms with E-state index >= 15 is 0 Å². The molecule has 14 heavy (non-hydrogen) atoms. The molecule has 1 heterocycles. The third kappa shape index (κ3) is 4.39. The van der Waals surface area contributed by atoms with Crippen LogP contribution in [-0.2, 0) is 14.8 Å². The van der Waals surface area contributed by atoms with Crippen LogP contribution in [0.1, 0.15) is 32.6 Å². The van der Waals surface area contributed by atoms with Crippen molar-refractivity contribution < 1.29 is 13.2 Å². The predicted molar refractivity (Wildman–Crippen MR) is 55.7 cm³/mol. The minimum absolute atomic E-state index is 0.0885. The molecule has 1 fully saturated rings. The van der Waals surface area contributed by atoms with E-state index in [4.69, 9.17) is 4.74 Å². The minimum atomic E-state index is -3.05. The molecule has 0 aliphatic carbocycles. The summed E-state index contributed by atoms with van der Waals surface area (Å²) in [6, 6.07) is 0.0885. The lowest BCUT2D eigenvalue weighted by Gasteiger charge is -2.22. The van der Waals surface area contributed by atoms with Crippen molar-refractivity contribution in [3.8, 4) is 0 Å². The molecule has 0 radical (unpaired) electrons. The Bertz CT molecular complexity index is 245. The van der Waals surface area contributed by atoms with Gasteiger partial charge in [0.15, 0.2) is 0 Å². The standard InChI is InChI=1S/C9H19NO3S/c1-2-3-8-14(11,12)10-9-4-6-13-7-5-9/h9-10H,2-8H2,1H3. The average Bonchev–Trinajstić information content (AvgIpc) is 2.16. The van der Waals surface area contributed by atoms with E-state index in [9.17, 15) is 8.42 Å². The van der Waals surface area contributed by atoms with Gasteiger partial charge in [-0.05, 0) is 19.3 Å². The smallest absolute Gasteiger partial charge is 0.211 e. The number of sulfonamides is 1. The molecule has 0 unspecified atom stereocenters. The number of hydrogen-bond donors (Lipinski definition) is 1. The van der Waals surface area contributed by atoms with Crippen LogP contribution in [0.4, 0.5) is 0 Å². The van der Waals surface area contributed by atoms with Gasteiger partial charge in [-0.15, -0.1) is 0 Å². The van der Waals surface area contributed by atoms with Crippen molar-refractivity contribution in [2.45, 2.75) is 38.6 Å². The zero-order valence-corrected chi connectivity index (χ0v) is 9.48. The van der Waals surface area contributed by atoms with Crippen LogP contribution in [-0.4, -0.2) is 33.4 Å². The topological polar surface area (TPSA) is 55.4 Å². The number of unbranched alkanes of at least 4 members (excludes halogenated alkanes) is 1. The third-order valence-corrected chi connectivity index (χ3v) is 3.85. The van der Waals surface area contributed by atoms with Crippen LogP contribution in [0.2, 0.25) is 0 Å². The Morgan fingerprint density at radius 1 is 1.36 bits per heavy atom. The molecule has 0 bridgehead atoms. The van der Waals surface area contributed by atoms with E-state index in [1.165, 1.54) is 0 Å². The number of ether oxygens (including phenoxy) is 1. The number of hydrogen-bond acceptors (Lipinski definition) is 3. The maximum Gasteiger partial charge on any atom is 0.211 e. The highest BCUT2D eigenvalue weighted by molar-refractivity contribution is 7.89.